The Kier molecular flexibility index (Phi) is 4.33. The molecule has 2 atom stereocenters. The van der Waals surface area contributed by atoms with Gasteiger partial charge >= 0.3 is 5.97 Å². The third-order valence-corrected chi connectivity index (χ3v) is 4.10. The third kappa shape index (κ3) is 3.08. The van der Waals surface area contributed by atoms with E-state index >= 15 is 0 Å². The normalized spacial score (nSPS) is 17.5. The average Bonchev–Trinajstić information content (AvgIpc) is 2.97. The van der Waals surface area contributed by atoms with Crippen molar-refractivity contribution in [2.75, 3.05) is 0 Å². The summed E-state index contributed by atoms with van der Waals surface area (Å²) < 4.78 is 5.59. The lowest BCUT2D eigenvalue weighted by molar-refractivity contribution is -0.155. The van der Waals surface area contributed by atoms with Gasteiger partial charge in [0.2, 0.25) is 0 Å². The molecule has 3 rings (SSSR count). The second-order valence-corrected chi connectivity index (χ2v) is 5.60. The van der Waals surface area contributed by atoms with E-state index in [-0.39, 0.29) is 6.10 Å². The summed E-state index contributed by atoms with van der Waals surface area (Å²) in [4.78, 5) is 23.6. The van der Waals surface area contributed by atoms with Crippen molar-refractivity contribution in [1.82, 2.24) is 0 Å². The van der Waals surface area contributed by atoms with Crippen molar-refractivity contribution in [1.29, 1.82) is 0 Å². The summed E-state index contributed by atoms with van der Waals surface area (Å²) >= 11 is 0. The van der Waals surface area contributed by atoms with Crippen LogP contribution in [0.1, 0.15) is 29.2 Å². The fourth-order valence-electron chi connectivity index (χ4n) is 2.92. The van der Waals surface area contributed by atoms with Crippen LogP contribution in [0.25, 0.3) is 0 Å². The van der Waals surface area contributed by atoms with Gasteiger partial charge in [-0.15, -0.1) is 0 Å². The van der Waals surface area contributed by atoms with E-state index in [1.807, 2.05) is 48.5 Å². The maximum atomic E-state index is 12.3. The molecular formula is C19H18O3. The SMILES string of the molecule is O=CC(Cc1ccccc1)C(=O)OC1CCc2ccccc21. The molecule has 0 spiro atoms. The van der Waals surface area contributed by atoms with Crippen molar-refractivity contribution in [2.45, 2.75) is 25.4 Å². The highest BCUT2D eigenvalue weighted by Gasteiger charge is 2.28. The minimum Gasteiger partial charge on any atom is -0.457 e. The number of esters is 1. The van der Waals surface area contributed by atoms with Crippen LogP contribution in [-0.2, 0) is 27.2 Å². The highest BCUT2D eigenvalue weighted by atomic mass is 16.5. The maximum absolute atomic E-state index is 12.3. The Balaban J connectivity index is 1.67. The number of fused-ring (bicyclic) bond motifs is 1. The van der Waals surface area contributed by atoms with Crippen molar-refractivity contribution >= 4 is 12.3 Å². The molecule has 0 heterocycles. The monoisotopic (exact) mass is 294 g/mol. The number of hydrogen-bond acceptors (Lipinski definition) is 3. The zero-order valence-corrected chi connectivity index (χ0v) is 12.3. The van der Waals surface area contributed by atoms with Crippen molar-refractivity contribution in [3.05, 3.63) is 71.3 Å². The number of rotatable bonds is 5. The summed E-state index contributed by atoms with van der Waals surface area (Å²) in [5.74, 6) is -1.17. The van der Waals surface area contributed by atoms with Crippen LogP contribution < -0.4 is 0 Å². The maximum Gasteiger partial charge on any atom is 0.317 e. The Hall–Kier alpha value is -2.42. The fraction of sp³-hybridized carbons (Fsp3) is 0.263. The van der Waals surface area contributed by atoms with Gasteiger partial charge in [0.15, 0.2) is 0 Å². The largest absolute Gasteiger partial charge is 0.457 e. The standard InChI is InChI=1S/C19H18O3/c20-13-16(12-14-6-2-1-3-7-14)19(21)22-18-11-10-15-8-4-5-9-17(15)18/h1-9,13,16,18H,10-12H2. The van der Waals surface area contributed by atoms with Gasteiger partial charge in [0, 0.05) is 0 Å². The fourth-order valence-corrected chi connectivity index (χ4v) is 2.92. The molecular weight excluding hydrogens is 276 g/mol. The lowest BCUT2D eigenvalue weighted by Crippen LogP contribution is -2.23. The molecule has 0 aromatic heterocycles. The van der Waals surface area contributed by atoms with Gasteiger partial charge in [0.25, 0.3) is 0 Å². The molecule has 2 unspecified atom stereocenters. The van der Waals surface area contributed by atoms with E-state index < -0.39 is 11.9 Å². The van der Waals surface area contributed by atoms with Gasteiger partial charge in [-0.25, -0.2) is 0 Å². The molecule has 3 nitrogen and oxygen atoms in total. The topological polar surface area (TPSA) is 43.4 Å². The van der Waals surface area contributed by atoms with E-state index in [0.29, 0.717) is 12.7 Å². The Morgan fingerprint density at radius 3 is 2.64 bits per heavy atom. The Morgan fingerprint density at radius 1 is 1.14 bits per heavy atom. The predicted molar refractivity (Wildman–Crippen MR) is 83.3 cm³/mol. The van der Waals surface area contributed by atoms with Crippen molar-refractivity contribution in [3.63, 3.8) is 0 Å². The molecule has 0 aliphatic heterocycles. The molecule has 112 valence electrons. The van der Waals surface area contributed by atoms with E-state index in [1.165, 1.54) is 5.56 Å². The zero-order valence-electron chi connectivity index (χ0n) is 12.3. The number of carbonyl (C=O) groups is 2. The van der Waals surface area contributed by atoms with Crippen LogP contribution in [0.15, 0.2) is 54.6 Å². The molecule has 2 aromatic rings. The van der Waals surface area contributed by atoms with Crippen LogP contribution in [0, 0.1) is 5.92 Å². The van der Waals surface area contributed by atoms with E-state index in [9.17, 15) is 9.59 Å². The van der Waals surface area contributed by atoms with Gasteiger partial charge < -0.3 is 9.53 Å². The van der Waals surface area contributed by atoms with Gasteiger partial charge in [0.1, 0.15) is 18.3 Å². The first-order valence-corrected chi connectivity index (χ1v) is 7.55. The zero-order chi connectivity index (χ0) is 15.4. The number of benzene rings is 2. The van der Waals surface area contributed by atoms with Gasteiger partial charge in [0.05, 0.1) is 0 Å². The molecule has 0 N–H and O–H groups in total. The van der Waals surface area contributed by atoms with Crippen LogP contribution in [0.4, 0.5) is 0 Å². The number of aldehydes is 1. The molecule has 0 radical (unpaired) electrons. The quantitative estimate of drug-likeness (QED) is 0.483. The highest BCUT2D eigenvalue weighted by Crippen LogP contribution is 2.34. The number of carbonyl (C=O) groups excluding carboxylic acids is 2. The molecule has 0 bridgehead atoms. The van der Waals surface area contributed by atoms with Crippen molar-refractivity contribution < 1.29 is 14.3 Å². The van der Waals surface area contributed by atoms with Crippen LogP contribution in [0.5, 0.6) is 0 Å². The highest BCUT2D eigenvalue weighted by molar-refractivity contribution is 5.88. The predicted octanol–water partition coefficient (Wildman–Crippen LogP) is 3.27. The second kappa shape index (κ2) is 6.56. The smallest absolute Gasteiger partial charge is 0.317 e. The number of aryl methyl sites for hydroxylation is 1. The van der Waals surface area contributed by atoms with Gasteiger partial charge in [-0.3, -0.25) is 4.79 Å². The molecule has 0 saturated heterocycles. The van der Waals surface area contributed by atoms with Crippen LogP contribution in [0.3, 0.4) is 0 Å². The van der Waals surface area contributed by atoms with E-state index in [2.05, 4.69) is 6.07 Å². The molecule has 1 aliphatic carbocycles. The Labute approximate surface area is 129 Å². The summed E-state index contributed by atoms with van der Waals surface area (Å²) in [6, 6.07) is 17.5. The summed E-state index contributed by atoms with van der Waals surface area (Å²) in [6.07, 6.45) is 2.57. The van der Waals surface area contributed by atoms with E-state index in [1.54, 1.807) is 0 Å². The summed E-state index contributed by atoms with van der Waals surface area (Å²) in [6.45, 7) is 0. The Bertz CT molecular complexity index is 663. The molecule has 0 fully saturated rings. The summed E-state index contributed by atoms with van der Waals surface area (Å²) in [5, 5.41) is 0. The second-order valence-electron chi connectivity index (χ2n) is 5.60. The molecule has 22 heavy (non-hydrogen) atoms. The van der Waals surface area contributed by atoms with Gasteiger partial charge in [-0.2, -0.15) is 0 Å². The van der Waals surface area contributed by atoms with Crippen molar-refractivity contribution in [2.24, 2.45) is 5.92 Å². The lowest BCUT2D eigenvalue weighted by Gasteiger charge is -2.16. The minimum atomic E-state index is -0.741. The van der Waals surface area contributed by atoms with E-state index in [0.717, 1.165) is 24.0 Å². The first-order chi connectivity index (χ1) is 10.8. The van der Waals surface area contributed by atoms with Crippen LogP contribution in [-0.4, -0.2) is 12.3 Å². The molecule has 3 heteroatoms. The summed E-state index contributed by atoms with van der Waals surface area (Å²) in [7, 11) is 0. The molecule has 1 aliphatic rings. The van der Waals surface area contributed by atoms with E-state index in [4.69, 9.17) is 4.74 Å². The average molecular weight is 294 g/mol. The first kappa shape index (κ1) is 14.5. The van der Waals surface area contributed by atoms with Crippen LogP contribution in [0.2, 0.25) is 0 Å². The molecule has 0 amide bonds. The first-order valence-electron chi connectivity index (χ1n) is 7.55. The van der Waals surface area contributed by atoms with Gasteiger partial charge in [-0.05, 0) is 36.0 Å². The Morgan fingerprint density at radius 2 is 1.86 bits per heavy atom. The summed E-state index contributed by atoms with van der Waals surface area (Å²) in [5.41, 5.74) is 3.26. The molecule has 2 aromatic carbocycles. The molecule has 0 saturated carbocycles. The number of hydrogen-bond donors (Lipinski definition) is 0. The van der Waals surface area contributed by atoms with Gasteiger partial charge in [-0.1, -0.05) is 54.6 Å². The number of ether oxygens (including phenoxy) is 1. The van der Waals surface area contributed by atoms with Crippen molar-refractivity contribution in [3.8, 4) is 0 Å². The van der Waals surface area contributed by atoms with Crippen LogP contribution >= 0.6 is 0 Å². The third-order valence-electron chi connectivity index (χ3n) is 4.10. The lowest BCUT2D eigenvalue weighted by atomic mass is 10.0. The minimum absolute atomic E-state index is 0.220.